The number of alkyl halides is 1. The first-order valence-corrected chi connectivity index (χ1v) is 6.84. The summed E-state index contributed by atoms with van der Waals surface area (Å²) in [5, 5.41) is 0.751. The van der Waals surface area contributed by atoms with Gasteiger partial charge in [-0.3, -0.25) is 0 Å². The Kier molecular flexibility index (Phi) is 4.31. The summed E-state index contributed by atoms with van der Waals surface area (Å²) < 4.78 is 0. The minimum atomic E-state index is -0.0108. The van der Waals surface area contributed by atoms with Crippen LogP contribution in [0.25, 0.3) is 0 Å². The predicted molar refractivity (Wildman–Crippen MR) is 79.7 cm³/mol. The Morgan fingerprint density at radius 2 is 1.78 bits per heavy atom. The maximum atomic E-state index is 6.53. The third kappa shape index (κ3) is 3.07. The van der Waals surface area contributed by atoms with Gasteiger partial charge in [-0.15, -0.1) is 11.6 Å². The highest BCUT2D eigenvalue weighted by atomic mass is 35.5. The molecule has 2 aromatic carbocycles. The molecule has 0 bridgehead atoms. The molecule has 0 fully saturated rings. The molecule has 94 valence electrons. The summed E-state index contributed by atoms with van der Waals surface area (Å²) in [4.78, 5) is 0. The summed E-state index contributed by atoms with van der Waals surface area (Å²) >= 11 is 12.5. The van der Waals surface area contributed by atoms with E-state index in [0.717, 1.165) is 11.4 Å². The number of benzene rings is 2. The Morgan fingerprint density at radius 1 is 1.06 bits per heavy atom. The van der Waals surface area contributed by atoms with Crippen molar-refractivity contribution in [2.45, 2.75) is 25.6 Å². The van der Waals surface area contributed by atoms with Gasteiger partial charge in [-0.25, -0.2) is 0 Å². The lowest BCUT2D eigenvalue weighted by molar-refractivity contribution is 0.907. The lowest BCUT2D eigenvalue weighted by Gasteiger charge is -2.14. The van der Waals surface area contributed by atoms with Gasteiger partial charge >= 0.3 is 0 Å². The van der Waals surface area contributed by atoms with E-state index in [1.54, 1.807) is 0 Å². The lowest BCUT2D eigenvalue weighted by Crippen LogP contribution is -1.99. The van der Waals surface area contributed by atoms with E-state index in [2.05, 4.69) is 38.1 Å². The van der Waals surface area contributed by atoms with Crippen molar-refractivity contribution in [2.24, 2.45) is 0 Å². The number of rotatable bonds is 3. The van der Waals surface area contributed by atoms with Crippen LogP contribution < -0.4 is 0 Å². The second-order valence-corrected chi connectivity index (χ2v) is 5.55. The average Bonchev–Trinajstić information content (AvgIpc) is 2.32. The molecule has 0 spiro atoms. The molecule has 0 nitrogen and oxygen atoms in total. The largest absolute Gasteiger partial charge is 0.117 e. The average molecular weight is 279 g/mol. The molecule has 18 heavy (non-hydrogen) atoms. The summed E-state index contributed by atoms with van der Waals surface area (Å²) in [6, 6.07) is 14.2. The molecule has 2 heteroatoms. The molecule has 0 aromatic heterocycles. The van der Waals surface area contributed by atoms with E-state index < -0.39 is 0 Å². The van der Waals surface area contributed by atoms with E-state index in [4.69, 9.17) is 23.2 Å². The van der Waals surface area contributed by atoms with Crippen LogP contribution in [0.1, 0.15) is 27.6 Å². The van der Waals surface area contributed by atoms with Gasteiger partial charge in [0.05, 0.1) is 5.38 Å². The molecule has 0 aliphatic rings. The topological polar surface area (TPSA) is 0 Å². The number of hydrogen-bond donors (Lipinski definition) is 0. The Balaban J connectivity index is 2.22. The smallest absolute Gasteiger partial charge is 0.0628 e. The molecule has 1 unspecified atom stereocenters. The number of halogens is 2. The molecule has 0 aliphatic carbocycles. The third-order valence-corrected chi connectivity index (χ3v) is 3.91. The predicted octanol–water partition coefficient (Wildman–Crippen LogP) is 5.48. The highest BCUT2D eigenvalue weighted by Gasteiger charge is 2.12. The summed E-state index contributed by atoms with van der Waals surface area (Å²) in [6.07, 6.45) is 0.798. The second-order valence-electron chi connectivity index (χ2n) is 4.59. The van der Waals surface area contributed by atoms with E-state index in [0.29, 0.717) is 0 Å². The fourth-order valence-corrected chi connectivity index (χ4v) is 2.72. The van der Waals surface area contributed by atoms with Crippen LogP contribution in [-0.4, -0.2) is 0 Å². The fourth-order valence-electron chi connectivity index (χ4n) is 2.09. The zero-order chi connectivity index (χ0) is 13.1. The summed E-state index contributed by atoms with van der Waals surface area (Å²) in [5.41, 5.74) is 4.93. The molecular weight excluding hydrogens is 263 g/mol. The van der Waals surface area contributed by atoms with Crippen LogP contribution in [0.4, 0.5) is 0 Å². The molecule has 0 heterocycles. The Labute approximate surface area is 119 Å². The van der Waals surface area contributed by atoms with E-state index >= 15 is 0 Å². The van der Waals surface area contributed by atoms with E-state index in [-0.39, 0.29) is 5.38 Å². The highest BCUT2D eigenvalue weighted by molar-refractivity contribution is 6.30. The van der Waals surface area contributed by atoms with Crippen molar-refractivity contribution in [1.82, 2.24) is 0 Å². The Bertz CT molecular complexity index is 547. The third-order valence-electron chi connectivity index (χ3n) is 3.29. The van der Waals surface area contributed by atoms with Gasteiger partial charge in [0.2, 0.25) is 0 Å². The molecule has 0 saturated heterocycles. The number of aryl methyl sites for hydroxylation is 1. The van der Waals surface area contributed by atoms with Crippen molar-refractivity contribution in [3.8, 4) is 0 Å². The maximum absolute atomic E-state index is 6.53. The first kappa shape index (κ1) is 13.5. The molecule has 2 aromatic rings. The minimum Gasteiger partial charge on any atom is -0.117 e. The summed E-state index contributed by atoms with van der Waals surface area (Å²) in [6.45, 7) is 4.24. The van der Waals surface area contributed by atoms with Gasteiger partial charge in [0.15, 0.2) is 0 Å². The molecular formula is C16H16Cl2. The fraction of sp³-hybridized carbons (Fsp3) is 0.250. The van der Waals surface area contributed by atoms with Crippen LogP contribution in [0, 0.1) is 13.8 Å². The summed E-state index contributed by atoms with van der Waals surface area (Å²) in [7, 11) is 0. The van der Waals surface area contributed by atoms with Gasteiger partial charge in [-0.2, -0.15) is 0 Å². The first-order valence-electron chi connectivity index (χ1n) is 6.02. The molecule has 2 rings (SSSR count). The molecule has 1 atom stereocenters. The van der Waals surface area contributed by atoms with E-state index in [1.807, 2.05) is 18.2 Å². The van der Waals surface area contributed by atoms with Crippen molar-refractivity contribution in [3.05, 3.63) is 69.7 Å². The van der Waals surface area contributed by atoms with Gasteiger partial charge < -0.3 is 0 Å². The van der Waals surface area contributed by atoms with Gasteiger partial charge in [-0.05, 0) is 54.7 Å². The number of hydrogen-bond acceptors (Lipinski definition) is 0. The molecule has 0 saturated carbocycles. The highest BCUT2D eigenvalue weighted by Crippen LogP contribution is 2.29. The second kappa shape index (κ2) is 5.77. The molecule has 0 aliphatic heterocycles. The van der Waals surface area contributed by atoms with Gasteiger partial charge in [0.1, 0.15) is 0 Å². The van der Waals surface area contributed by atoms with Crippen LogP contribution in [0.2, 0.25) is 5.02 Å². The van der Waals surface area contributed by atoms with Crippen LogP contribution in [-0.2, 0) is 6.42 Å². The van der Waals surface area contributed by atoms with Crippen molar-refractivity contribution in [1.29, 1.82) is 0 Å². The SMILES string of the molecule is Cc1cccc(C(Cl)Cc2cccc(Cl)c2)c1C. The van der Waals surface area contributed by atoms with Crippen molar-refractivity contribution in [2.75, 3.05) is 0 Å². The van der Waals surface area contributed by atoms with Gasteiger partial charge in [0, 0.05) is 5.02 Å². The molecule has 0 amide bonds. The maximum Gasteiger partial charge on any atom is 0.0628 e. The van der Waals surface area contributed by atoms with Crippen LogP contribution in [0.3, 0.4) is 0 Å². The van der Waals surface area contributed by atoms with E-state index in [1.165, 1.54) is 22.3 Å². The summed E-state index contributed by atoms with van der Waals surface area (Å²) in [5.74, 6) is 0. The first-order chi connectivity index (χ1) is 8.58. The van der Waals surface area contributed by atoms with Gasteiger partial charge in [0.25, 0.3) is 0 Å². The monoisotopic (exact) mass is 278 g/mol. The van der Waals surface area contributed by atoms with Crippen LogP contribution in [0.15, 0.2) is 42.5 Å². The van der Waals surface area contributed by atoms with E-state index in [9.17, 15) is 0 Å². The molecule has 0 N–H and O–H groups in total. The quantitative estimate of drug-likeness (QED) is 0.653. The lowest BCUT2D eigenvalue weighted by atomic mass is 9.97. The standard InChI is InChI=1S/C16H16Cl2/c1-11-5-3-8-15(12(11)2)16(18)10-13-6-4-7-14(17)9-13/h3-9,16H,10H2,1-2H3. The minimum absolute atomic E-state index is 0.0108. The Morgan fingerprint density at radius 3 is 2.50 bits per heavy atom. The van der Waals surface area contributed by atoms with Crippen molar-refractivity contribution < 1.29 is 0 Å². The van der Waals surface area contributed by atoms with Crippen molar-refractivity contribution in [3.63, 3.8) is 0 Å². The molecule has 0 radical (unpaired) electrons. The van der Waals surface area contributed by atoms with Crippen LogP contribution >= 0.6 is 23.2 Å². The van der Waals surface area contributed by atoms with Crippen molar-refractivity contribution >= 4 is 23.2 Å². The van der Waals surface area contributed by atoms with Crippen LogP contribution in [0.5, 0.6) is 0 Å². The zero-order valence-electron chi connectivity index (χ0n) is 10.6. The zero-order valence-corrected chi connectivity index (χ0v) is 12.1. The van der Waals surface area contributed by atoms with Gasteiger partial charge in [-0.1, -0.05) is 41.9 Å². The normalized spacial score (nSPS) is 12.4. The Hall–Kier alpha value is -0.980.